The molecular weight excluding hydrogens is 262 g/mol. The summed E-state index contributed by atoms with van der Waals surface area (Å²) in [6.07, 6.45) is 1.36. The van der Waals surface area contributed by atoms with Gasteiger partial charge in [0.15, 0.2) is 0 Å². The van der Waals surface area contributed by atoms with Crippen LogP contribution < -0.4 is 16.4 Å². The Bertz CT molecular complexity index is 667. The first-order chi connectivity index (χ1) is 10.2. The molecule has 1 aliphatic rings. The number of carbonyl (C=O) groups is 1. The number of hydrogen-bond donors (Lipinski definition) is 3. The summed E-state index contributed by atoms with van der Waals surface area (Å²) in [4.78, 5) is 11.5. The van der Waals surface area contributed by atoms with Gasteiger partial charge in [0.25, 0.3) is 0 Å². The van der Waals surface area contributed by atoms with Gasteiger partial charge in [-0.05, 0) is 29.7 Å². The van der Waals surface area contributed by atoms with Gasteiger partial charge in [-0.25, -0.2) is 0 Å². The molecule has 0 radical (unpaired) electrons. The van der Waals surface area contributed by atoms with Crippen LogP contribution in [0.3, 0.4) is 0 Å². The van der Waals surface area contributed by atoms with Crippen molar-refractivity contribution in [3.8, 4) is 0 Å². The van der Waals surface area contributed by atoms with Crippen molar-refractivity contribution in [2.75, 3.05) is 16.4 Å². The standard InChI is InChI=1S/C17H19N3O/c1-2-14(11-6-4-3-5-7-11)19-16-10-15-12(8-13(16)18)9-17(21)20-15/h3-8,10,14,19H,2,9,18H2,1H3,(H,20,21). The molecule has 1 heterocycles. The van der Waals surface area contributed by atoms with Crippen LogP contribution in [-0.2, 0) is 11.2 Å². The molecule has 0 saturated carbocycles. The van der Waals surface area contributed by atoms with Gasteiger partial charge in [-0.15, -0.1) is 0 Å². The maximum atomic E-state index is 11.5. The summed E-state index contributed by atoms with van der Waals surface area (Å²) in [5.41, 5.74) is 10.7. The Balaban J connectivity index is 1.88. The van der Waals surface area contributed by atoms with Crippen molar-refractivity contribution >= 4 is 23.0 Å². The van der Waals surface area contributed by atoms with Gasteiger partial charge in [-0.2, -0.15) is 0 Å². The average molecular weight is 281 g/mol. The van der Waals surface area contributed by atoms with Crippen molar-refractivity contribution in [3.63, 3.8) is 0 Å². The molecule has 1 amide bonds. The molecule has 0 fully saturated rings. The minimum atomic E-state index is 0.0247. The highest BCUT2D eigenvalue weighted by molar-refractivity contribution is 6.00. The van der Waals surface area contributed by atoms with Crippen molar-refractivity contribution in [2.45, 2.75) is 25.8 Å². The van der Waals surface area contributed by atoms with E-state index in [1.54, 1.807) is 0 Å². The second-order valence-electron chi connectivity index (χ2n) is 5.34. The highest BCUT2D eigenvalue weighted by Gasteiger charge is 2.20. The third-order valence-corrected chi connectivity index (χ3v) is 3.84. The summed E-state index contributed by atoms with van der Waals surface area (Å²) < 4.78 is 0. The van der Waals surface area contributed by atoms with Gasteiger partial charge in [0.2, 0.25) is 5.91 Å². The number of amides is 1. The lowest BCUT2D eigenvalue weighted by Crippen LogP contribution is -2.11. The van der Waals surface area contributed by atoms with Crippen molar-refractivity contribution in [1.82, 2.24) is 0 Å². The van der Waals surface area contributed by atoms with Crippen LogP contribution in [0.1, 0.15) is 30.5 Å². The number of nitrogens with two attached hydrogens (primary N) is 1. The molecule has 0 bridgehead atoms. The van der Waals surface area contributed by atoms with E-state index in [9.17, 15) is 4.79 Å². The van der Waals surface area contributed by atoms with Crippen LogP contribution in [-0.4, -0.2) is 5.91 Å². The fourth-order valence-corrected chi connectivity index (χ4v) is 2.71. The first kappa shape index (κ1) is 13.5. The zero-order chi connectivity index (χ0) is 14.8. The van der Waals surface area contributed by atoms with E-state index < -0.39 is 0 Å². The number of hydrogen-bond acceptors (Lipinski definition) is 3. The van der Waals surface area contributed by atoms with Gasteiger partial charge in [0, 0.05) is 5.69 Å². The van der Waals surface area contributed by atoms with Crippen molar-refractivity contribution in [2.24, 2.45) is 0 Å². The Morgan fingerprint density at radius 1 is 1.29 bits per heavy atom. The molecule has 4 nitrogen and oxygen atoms in total. The van der Waals surface area contributed by atoms with Crippen LogP contribution >= 0.6 is 0 Å². The Morgan fingerprint density at radius 3 is 2.76 bits per heavy atom. The van der Waals surface area contributed by atoms with E-state index in [-0.39, 0.29) is 11.9 Å². The quantitative estimate of drug-likeness (QED) is 0.753. The summed E-state index contributed by atoms with van der Waals surface area (Å²) in [5.74, 6) is 0.0247. The number of rotatable bonds is 4. The topological polar surface area (TPSA) is 67.1 Å². The van der Waals surface area contributed by atoms with Crippen LogP contribution in [0.25, 0.3) is 0 Å². The minimum Gasteiger partial charge on any atom is -0.397 e. The van der Waals surface area contributed by atoms with Gasteiger partial charge in [0.1, 0.15) is 0 Å². The van der Waals surface area contributed by atoms with E-state index >= 15 is 0 Å². The molecule has 4 N–H and O–H groups in total. The normalized spacial score (nSPS) is 14.4. The zero-order valence-electron chi connectivity index (χ0n) is 12.0. The molecule has 0 spiro atoms. The number of benzene rings is 2. The molecule has 1 atom stereocenters. The molecule has 1 unspecified atom stereocenters. The van der Waals surface area contributed by atoms with Gasteiger partial charge in [0.05, 0.1) is 23.8 Å². The molecule has 1 aliphatic heterocycles. The van der Waals surface area contributed by atoms with Crippen LogP contribution in [0.4, 0.5) is 17.1 Å². The molecule has 2 aromatic rings. The van der Waals surface area contributed by atoms with Crippen molar-refractivity contribution in [3.05, 3.63) is 53.6 Å². The van der Waals surface area contributed by atoms with E-state index in [0.717, 1.165) is 23.4 Å². The zero-order valence-corrected chi connectivity index (χ0v) is 12.0. The second kappa shape index (κ2) is 5.48. The number of nitrogen functional groups attached to an aromatic ring is 1. The predicted molar refractivity (Wildman–Crippen MR) is 86.3 cm³/mol. The number of fused-ring (bicyclic) bond motifs is 1. The Morgan fingerprint density at radius 2 is 2.05 bits per heavy atom. The van der Waals surface area contributed by atoms with Gasteiger partial charge >= 0.3 is 0 Å². The maximum Gasteiger partial charge on any atom is 0.228 e. The summed E-state index contributed by atoms with van der Waals surface area (Å²) >= 11 is 0. The monoisotopic (exact) mass is 281 g/mol. The Kier molecular flexibility index (Phi) is 3.52. The molecule has 0 saturated heterocycles. The largest absolute Gasteiger partial charge is 0.397 e. The molecule has 3 rings (SSSR count). The Labute approximate surface area is 124 Å². The maximum absolute atomic E-state index is 11.5. The minimum absolute atomic E-state index is 0.0247. The molecular formula is C17H19N3O. The SMILES string of the molecule is CCC(Nc1cc2c(cc1N)CC(=O)N2)c1ccccc1. The van der Waals surface area contributed by atoms with Gasteiger partial charge in [-0.3, -0.25) is 4.79 Å². The first-order valence-electron chi connectivity index (χ1n) is 7.21. The van der Waals surface area contributed by atoms with Crippen molar-refractivity contribution < 1.29 is 4.79 Å². The van der Waals surface area contributed by atoms with E-state index in [1.807, 2.05) is 30.3 Å². The number of carbonyl (C=O) groups excluding carboxylic acids is 1. The fraction of sp³-hybridized carbons (Fsp3) is 0.235. The Hall–Kier alpha value is -2.49. The number of nitrogens with one attached hydrogen (secondary N) is 2. The first-order valence-corrected chi connectivity index (χ1v) is 7.21. The van der Waals surface area contributed by atoms with E-state index in [0.29, 0.717) is 12.1 Å². The summed E-state index contributed by atoms with van der Waals surface area (Å²) in [6, 6.07) is 14.3. The highest BCUT2D eigenvalue weighted by atomic mass is 16.1. The molecule has 4 heteroatoms. The summed E-state index contributed by atoms with van der Waals surface area (Å²) in [5, 5.41) is 6.34. The highest BCUT2D eigenvalue weighted by Crippen LogP contribution is 2.34. The van der Waals surface area contributed by atoms with Crippen LogP contribution in [0.5, 0.6) is 0 Å². The molecule has 21 heavy (non-hydrogen) atoms. The van der Waals surface area contributed by atoms with Gasteiger partial charge < -0.3 is 16.4 Å². The third-order valence-electron chi connectivity index (χ3n) is 3.84. The van der Waals surface area contributed by atoms with E-state index in [2.05, 4.69) is 29.7 Å². The van der Waals surface area contributed by atoms with E-state index in [4.69, 9.17) is 5.73 Å². The van der Waals surface area contributed by atoms with E-state index in [1.165, 1.54) is 5.56 Å². The number of anilines is 3. The van der Waals surface area contributed by atoms with Crippen LogP contribution in [0, 0.1) is 0 Å². The second-order valence-corrected chi connectivity index (χ2v) is 5.34. The third kappa shape index (κ3) is 2.70. The van der Waals surface area contributed by atoms with Gasteiger partial charge in [-0.1, -0.05) is 37.3 Å². The van der Waals surface area contributed by atoms with Crippen LogP contribution in [0.15, 0.2) is 42.5 Å². The molecule has 0 aliphatic carbocycles. The average Bonchev–Trinajstić information content (AvgIpc) is 2.84. The molecule has 0 aromatic heterocycles. The fourth-order valence-electron chi connectivity index (χ4n) is 2.71. The summed E-state index contributed by atoms with van der Waals surface area (Å²) in [6.45, 7) is 2.13. The predicted octanol–water partition coefficient (Wildman–Crippen LogP) is 3.33. The lowest BCUT2D eigenvalue weighted by atomic mass is 10.0. The summed E-state index contributed by atoms with van der Waals surface area (Å²) in [7, 11) is 0. The smallest absolute Gasteiger partial charge is 0.228 e. The van der Waals surface area contributed by atoms with Crippen LogP contribution in [0.2, 0.25) is 0 Å². The lowest BCUT2D eigenvalue weighted by molar-refractivity contribution is -0.115. The van der Waals surface area contributed by atoms with Crippen molar-refractivity contribution in [1.29, 1.82) is 0 Å². The molecule has 108 valence electrons. The lowest BCUT2D eigenvalue weighted by Gasteiger charge is -2.20. The molecule has 2 aromatic carbocycles.